The van der Waals surface area contributed by atoms with E-state index in [1.807, 2.05) is 50.4 Å². The van der Waals surface area contributed by atoms with Gasteiger partial charge in [-0.05, 0) is 42.7 Å². The molecule has 0 spiro atoms. The standard InChI is InChI=1S/C19H24N4O2/c1-13(15-5-4-10-20-12-15)23(2)19(24)18-11-17(21-22-18)14-6-8-16(25-3)9-7-14/h4-10,12-13,17-18,21-22H,11H2,1-3H3. The van der Waals surface area contributed by atoms with Crippen LogP contribution < -0.4 is 15.6 Å². The molecule has 0 saturated carbocycles. The topological polar surface area (TPSA) is 66.5 Å². The smallest absolute Gasteiger partial charge is 0.241 e. The number of carbonyl (C=O) groups excluding carboxylic acids is 1. The molecule has 2 N–H and O–H groups in total. The van der Waals surface area contributed by atoms with E-state index in [-0.39, 0.29) is 24.0 Å². The van der Waals surface area contributed by atoms with Gasteiger partial charge in [-0.3, -0.25) is 9.78 Å². The molecule has 132 valence electrons. The van der Waals surface area contributed by atoms with E-state index < -0.39 is 0 Å². The van der Waals surface area contributed by atoms with Gasteiger partial charge in [0.15, 0.2) is 0 Å². The molecule has 0 bridgehead atoms. The van der Waals surface area contributed by atoms with Gasteiger partial charge in [0.1, 0.15) is 11.8 Å². The number of likely N-dealkylation sites (N-methyl/N-ethyl adjacent to an activating group) is 1. The number of aromatic nitrogens is 1. The molecule has 6 nitrogen and oxygen atoms in total. The number of ether oxygens (including phenoxy) is 1. The van der Waals surface area contributed by atoms with E-state index in [2.05, 4.69) is 15.8 Å². The summed E-state index contributed by atoms with van der Waals surface area (Å²) in [5.41, 5.74) is 8.51. The van der Waals surface area contributed by atoms with Gasteiger partial charge in [0.05, 0.1) is 13.2 Å². The monoisotopic (exact) mass is 340 g/mol. The van der Waals surface area contributed by atoms with Crippen LogP contribution in [0.1, 0.15) is 36.6 Å². The van der Waals surface area contributed by atoms with E-state index in [0.717, 1.165) is 16.9 Å². The molecule has 1 aliphatic rings. The van der Waals surface area contributed by atoms with Crippen molar-refractivity contribution < 1.29 is 9.53 Å². The van der Waals surface area contributed by atoms with Gasteiger partial charge in [-0.15, -0.1) is 0 Å². The number of nitrogens with one attached hydrogen (secondary N) is 2. The molecule has 6 heteroatoms. The van der Waals surface area contributed by atoms with Crippen LogP contribution in [0, 0.1) is 0 Å². The van der Waals surface area contributed by atoms with E-state index in [1.54, 1.807) is 24.4 Å². The lowest BCUT2D eigenvalue weighted by Crippen LogP contribution is -2.44. The highest BCUT2D eigenvalue weighted by Crippen LogP contribution is 2.26. The number of rotatable bonds is 5. The number of hydrogen-bond acceptors (Lipinski definition) is 5. The molecule has 2 heterocycles. The summed E-state index contributed by atoms with van der Waals surface area (Å²) in [6.45, 7) is 2.01. The van der Waals surface area contributed by atoms with Gasteiger partial charge < -0.3 is 9.64 Å². The number of hydrazine groups is 1. The summed E-state index contributed by atoms with van der Waals surface area (Å²) in [6, 6.07) is 11.6. The molecule has 3 atom stereocenters. The minimum absolute atomic E-state index is 0.0250. The third-order valence-corrected chi connectivity index (χ3v) is 4.81. The van der Waals surface area contributed by atoms with E-state index in [1.165, 1.54) is 0 Å². The third-order valence-electron chi connectivity index (χ3n) is 4.81. The van der Waals surface area contributed by atoms with Crippen molar-refractivity contribution in [2.24, 2.45) is 0 Å². The van der Waals surface area contributed by atoms with Gasteiger partial charge in [0.2, 0.25) is 5.91 Å². The van der Waals surface area contributed by atoms with Gasteiger partial charge in [0.25, 0.3) is 0 Å². The van der Waals surface area contributed by atoms with Crippen molar-refractivity contribution in [1.82, 2.24) is 20.7 Å². The fraction of sp³-hybridized carbons (Fsp3) is 0.368. The van der Waals surface area contributed by atoms with E-state index in [4.69, 9.17) is 4.74 Å². The van der Waals surface area contributed by atoms with Crippen LogP contribution >= 0.6 is 0 Å². The van der Waals surface area contributed by atoms with E-state index >= 15 is 0 Å². The van der Waals surface area contributed by atoms with Gasteiger partial charge >= 0.3 is 0 Å². The summed E-state index contributed by atoms with van der Waals surface area (Å²) in [7, 11) is 3.49. The summed E-state index contributed by atoms with van der Waals surface area (Å²) in [5, 5.41) is 0. The molecule has 1 saturated heterocycles. The highest BCUT2D eigenvalue weighted by Gasteiger charge is 2.33. The number of amides is 1. The van der Waals surface area contributed by atoms with Gasteiger partial charge in [-0.25, -0.2) is 10.9 Å². The Morgan fingerprint density at radius 3 is 2.68 bits per heavy atom. The molecule has 1 fully saturated rings. The highest BCUT2D eigenvalue weighted by atomic mass is 16.5. The van der Waals surface area contributed by atoms with Crippen molar-refractivity contribution >= 4 is 5.91 Å². The third kappa shape index (κ3) is 3.81. The maximum absolute atomic E-state index is 12.8. The van der Waals surface area contributed by atoms with Crippen LogP contribution in [0.15, 0.2) is 48.8 Å². The minimum atomic E-state index is -0.253. The summed E-state index contributed by atoms with van der Waals surface area (Å²) in [4.78, 5) is 18.7. The van der Waals surface area contributed by atoms with Crippen molar-refractivity contribution in [3.05, 3.63) is 59.9 Å². The average molecular weight is 340 g/mol. The van der Waals surface area contributed by atoms with E-state index in [0.29, 0.717) is 6.42 Å². The molecular formula is C19H24N4O2. The van der Waals surface area contributed by atoms with Crippen LogP contribution in [0.5, 0.6) is 5.75 Å². The SMILES string of the molecule is COc1ccc(C2CC(C(=O)N(C)C(C)c3cccnc3)NN2)cc1. The van der Waals surface area contributed by atoms with Crippen LogP contribution in [0.3, 0.4) is 0 Å². The first-order chi connectivity index (χ1) is 12.1. The van der Waals surface area contributed by atoms with Gasteiger partial charge in [0, 0.05) is 25.5 Å². The molecule has 1 amide bonds. The molecule has 1 aromatic heterocycles. The number of carbonyl (C=O) groups is 1. The Bertz CT molecular complexity index is 705. The zero-order valence-corrected chi connectivity index (χ0v) is 14.8. The van der Waals surface area contributed by atoms with Crippen molar-refractivity contribution in [3.63, 3.8) is 0 Å². The summed E-state index contributed by atoms with van der Waals surface area (Å²) in [5.74, 6) is 0.896. The quantitative estimate of drug-likeness (QED) is 0.874. The zero-order valence-electron chi connectivity index (χ0n) is 14.8. The highest BCUT2D eigenvalue weighted by molar-refractivity contribution is 5.82. The summed E-state index contributed by atoms with van der Waals surface area (Å²) in [6.07, 6.45) is 4.24. The van der Waals surface area contributed by atoms with Crippen molar-refractivity contribution in [1.29, 1.82) is 0 Å². The van der Waals surface area contributed by atoms with Crippen LogP contribution in [-0.4, -0.2) is 36.0 Å². The number of benzene rings is 1. The first kappa shape index (κ1) is 17.4. The number of nitrogens with zero attached hydrogens (tertiary/aromatic N) is 2. The largest absolute Gasteiger partial charge is 0.497 e. The zero-order chi connectivity index (χ0) is 17.8. The van der Waals surface area contributed by atoms with Crippen LogP contribution in [0.2, 0.25) is 0 Å². The Balaban J connectivity index is 1.63. The maximum Gasteiger partial charge on any atom is 0.241 e. The number of hydrogen-bond donors (Lipinski definition) is 2. The molecule has 1 aliphatic heterocycles. The lowest BCUT2D eigenvalue weighted by atomic mass is 10.0. The molecular weight excluding hydrogens is 316 g/mol. The fourth-order valence-corrected chi connectivity index (χ4v) is 3.06. The minimum Gasteiger partial charge on any atom is -0.497 e. The van der Waals surface area contributed by atoms with Crippen molar-refractivity contribution in [2.75, 3.05) is 14.2 Å². The molecule has 1 aromatic carbocycles. The second-order valence-electron chi connectivity index (χ2n) is 6.31. The Morgan fingerprint density at radius 2 is 2.04 bits per heavy atom. The van der Waals surface area contributed by atoms with E-state index in [9.17, 15) is 4.79 Å². The second kappa shape index (κ2) is 7.63. The van der Waals surface area contributed by atoms with Gasteiger partial charge in [-0.2, -0.15) is 0 Å². The van der Waals surface area contributed by atoms with Crippen molar-refractivity contribution in [3.8, 4) is 5.75 Å². The lowest BCUT2D eigenvalue weighted by molar-refractivity contribution is -0.133. The Labute approximate surface area is 148 Å². The normalized spacial score (nSPS) is 20.9. The molecule has 2 aromatic rings. The molecule has 25 heavy (non-hydrogen) atoms. The summed E-state index contributed by atoms with van der Waals surface area (Å²) >= 11 is 0. The Kier molecular flexibility index (Phi) is 5.31. The number of pyridine rings is 1. The Hall–Kier alpha value is -2.44. The molecule has 3 rings (SSSR count). The van der Waals surface area contributed by atoms with Crippen molar-refractivity contribution in [2.45, 2.75) is 31.5 Å². The van der Waals surface area contributed by atoms with Crippen LogP contribution in [0.25, 0.3) is 0 Å². The maximum atomic E-state index is 12.8. The van der Waals surface area contributed by atoms with Crippen LogP contribution in [-0.2, 0) is 4.79 Å². The predicted octanol–water partition coefficient (Wildman–Crippen LogP) is 2.22. The molecule has 0 radical (unpaired) electrons. The lowest BCUT2D eigenvalue weighted by Gasteiger charge is -2.27. The number of methoxy groups -OCH3 is 1. The Morgan fingerprint density at radius 1 is 1.28 bits per heavy atom. The van der Waals surface area contributed by atoms with Crippen LogP contribution in [0.4, 0.5) is 0 Å². The fourth-order valence-electron chi connectivity index (χ4n) is 3.06. The summed E-state index contributed by atoms with van der Waals surface area (Å²) < 4.78 is 5.19. The second-order valence-corrected chi connectivity index (χ2v) is 6.31. The predicted molar refractivity (Wildman–Crippen MR) is 95.8 cm³/mol. The molecule has 0 aliphatic carbocycles. The first-order valence-corrected chi connectivity index (χ1v) is 8.41. The average Bonchev–Trinajstić information content (AvgIpc) is 3.17. The van der Waals surface area contributed by atoms with Gasteiger partial charge in [-0.1, -0.05) is 18.2 Å². The molecule has 3 unspecified atom stereocenters. The first-order valence-electron chi connectivity index (χ1n) is 8.41.